The molecule has 0 fully saturated rings. The number of hydrogen-bond donors (Lipinski definition) is 3. The Labute approximate surface area is 117 Å². The lowest BCUT2D eigenvalue weighted by atomic mass is 10.0. The Balaban J connectivity index is 2.38. The van der Waals surface area contributed by atoms with Gasteiger partial charge in [0, 0.05) is 41.3 Å². The lowest BCUT2D eigenvalue weighted by molar-refractivity contribution is -0.114. The van der Waals surface area contributed by atoms with Crippen molar-refractivity contribution in [3.63, 3.8) is 0 Å². The molecule has 1 amide bonds. The van der Waals surface area contributed by atoms with E-state index in [9.17, 15) is 4.79 Å². The number of nitrogens with zero attached hydrogens (tertiary/aromatic N) is 1. The van der Waals surface area contributed by atoms with Crippen molar-refractivity contribution in [2.45, 2.75) is 13.8 Å². The third-order valence-electron chi connectivity index (χ3n) is 2.84. The fraction of sp³-hybridized carbons (Fsp3) is 0.133. The van der Waals surface area contributed by atoms with E-state index in [-0.39, 0.29) is 11.6 Å². The number of carbonyl (C=O) groups excluding carboxylic acids is 1. The SMILES string of the molecule is CC(=O)Nc1ccc(N)c(C(=N)c2ccc(C)nc2)c1. The van der Waals surface area contributed by atoms with E-state index < -0.39 is 0 Å². The number of nitrogen functional groups attached to an aromatic ring is 1. The summed E-state index contributed by atoms with van der Waals surface area (Å²) in [5.74, 6) is -0.163. The second-order valence-electron chi connectivity index (χ2n) is 4.55. The molecule has 0 saturated heterocycles. The van der Waals surface area contributed by atoms with E-state index in [1.54, 1.807) is 24.4 Å². The molecule has 1 aromatic heterocycles. The van der Waals surface area contributed by atoms with Gasteiger partial charge in [0.1, 0.15) is 0 Å². The normalized spacial score (nSPS) is 10.1. The molecule has 2 rings (SSSR count). The standard InChI is InChI=1S/C15H16N4O/c1-9-3-4-11(8-18-9)15(17)13-7-12(19-10(2)20)5-6-14(13)16/h3-8,17H,16H2,1-2H3,(H,19,20). The van der Waals surface area contributed by atoms with Gasteiger partial charge in [0.15, 0.2) is 0 Å². The molecule has 5 heteroatoms. The van der Waals surface area contributed by atoms with Gasteiger partial charge in [-0.15, -0.1) is 0 Å². The zero-order valence-corrected chi connectivity index (χ0v) is 11.4. The van der Waals surface area contributed by atoms with Crippen LogP contribution in [0.1, 0.15) is 23.7 Å². The summed E-state index contributed by atoms with van der Waals surface area (Å²) >= 11 is 0. The first-order valence-electron chi connectivity index (χ1n) is 6.16. The number of carbonyl (C=O) groups is 1. The minimum Gasteiger partial charge on any atom is -0.398 e. The molecule has 0 saturated carbocycles. The van der Waals surface area contributed by atoms with E-state index in [2.05, 4.69) is 10.3 Å². The van der Waals surface area contributed by atoms with Crippen molar-refractivity contribution < 1.29 is 4.79 Å². The minimum atomic E-state index is -0.163. The van der Waals surface area contributed by atoms with Crippen molar-refractivity contribution in [1.29, 1.82) is 5.41 Å². The third kappa shape index (κ3) is 3.00. The number of nitrogens with one attached hydrogen (secondary N) is 2. The number of anilines is 2. The molecule has 2 aromatic rings. The summed E-state index contributed by atoms with van der Waals surface area (Å²) in [4.78, 5) is 15.3. The van der Waals surface area contributed by atoms with Crippen molar-refractivity contribution in [2.24, 2.45) is 0 Å². The van der Waals surface area contributed by atoms with Crippen LogP contribution in [0.4, 0.5) is 11.4 Å². The van der Waals surface area contributed by atoms with Crippen LogP contribution in [0.15, 0.2) is 36.5 Å². The highest BCUT2D eigenvalue weighted by atomic mass is 16.1. The summed E-state index contributed by atoms with van der Waals surface area (Å²) in [5, 5.41) is 10.9. The van der Waals surface area contributed by atoms with Crippen molar-refractivity contribution in [3.8, 4) is 0 Å². The maximum atomic E-state index is 11.1. The molecule has 4 N–H and O–H groups in total. The third-order valence-corrected chi connectivity index (χ3v) is 2.84. The average Bonchev–Trinajstić information content (AvgIpc) is 2.40. The predicted molar refractivity (Wildman–Crippen MR) is 80.1 cm³/mol. The number of hydrogen-bond acceptors (Lipinski definition) is 4. The van der Waals surface area contributed by atoms with E-state index in [0.717, 1.165) is 5.69 Å². The Bertz CT molecular complexity index is 662. The lowest BCUT2D eigenvalue weighted by Gasteiger charge is -2.10. The second kappa shape index (κ2) is 5.52. The number of benzene rings is 1. The first kappa shape index (κ1) is 13.7. The Kier molecular flexibility index (Phi) is 3.79. The predicted octanol–water partition coefficient (Wildman–Crippen LogP) is 2.35. The van der Waals surface area contributed by atoms with Gasteiger partial charge in [-0.25, -0.2) is 0 Å². The van der Waals surface area contributed by atoms with Crippen molar-refractivity contribution in [2.75, 3.05) is 11.1 Å². The highest BCUT2D eigenvalue weighted by Gasteiger charge is 2.10. The van der Waals surface area contributed by atoms with Gasteiger partial charge in [0.05, 0.1) is 5.71 Å². The van der Waals surface area contributed by atoms with Crippen LogP contribution in [-0.2, 0) is 4.79 Å². The molecule has 0 unspecified atom stereocenters. The summed E-state index contributed by atoms with van der Waals surface area (Å²) in [6, 6.07) is 8.75. The van der Waals surface area contributed by atoms with Crippen LogP contribution in [0.2, 0.25) is 0 Å². The molecule has 0 atom stereocenters. The zero-order chi connectivity index (χ0) is 14.7. The van der Waals surface area contributed by atoms with Gasteiger partial charge < -0.3 is 11.1 Å². The molecule has 0 aliphatic heterocycles. The number of aryl methyl sites for hydroxylation is 1. The van der Waals surface area contributed by atoms with Crippen LogP contribution in [-0.4, -0.2) is 16.6 Å². The monoisotopic (exact) mass is 268 g/mol. The number of rotatable bonds is 3. The van der Waals surface area contributed by atoms with Crippen LogP contribution in [0.5, 0.6) is 0 Å². The molecular weight excluding hydrogens is 252 g/mol. The van der Waals surface area contributed by atoms with Crippen LogP contribution in [0.3, 0.4) is 0 Å². The molecule has 0 aliphatic rings. The van der Waals surface area contributed by atoms with Gasteiger partial charge in [-0.3, -0.25) is 15.2 Å². The van der Waals surface area contributed by atoms with Gasteiger partial charge in [-0.05, 0) is 37.3 Å². The maximum absolute atomic E-state index is 11.1. The Morgan fingerprint density at radius 2 is 2.05 bits per heavy atom. The summed E-state index contributed by atoms with van der Waals surface area (Å²) in [7, 11) is 0. The molecule has 1 aromatic carbocycles. The number of pyridine rings is 1. The summed E-state index contributed by atoms with van der Waals surface area (Å²) in [6.45, 7) is 3.32. The number of nitrogens with two attached hydrogens (primary N) is 1. The summed E-state index contributed by atoms with van der Waals surface area (Å²) < 4.78 is 0. The molecule has 1 heterocycles. The van der Waals surface area contributed by atoms with Gasteiger partial charge in [-0.1, -0.05) is 0 Å². The van der Waals surface area contributed by atoms with Crippen molar-refractivity contribution in [1.82, 2.24) is 4.98 Å². The average molecular weight is 268 g/mol. The Morgan fingerprint density at radius 3 is 2.65 bits per heavy atom. The molecule has 0 radical (unpaired) electrons. The Hall–Kier alpha value is -2.69. The van der Waals surface area contributed by atoms with Gasteiger partial charge >= 0.3 is 0 Å². The first-order chi connectivity index (χ1) is 9.47. The summed E-state index contributed by atoms with van der Waals surface area (Å²) in [6.07, 6.45) is 1.64. The number of amides is 1. The van der Waals surface area contributed by atoms with Crippen LogP contribution < -0.4 is 11.1 Å². The highest BCUT2D eigenvalue weighted by Crippen LogP contribution is 2.21. The van der Waals surface area contributed by atoms with E-state index in [0.29, 0.717) is 22.5 Å². The smallest absolute Gasteiger partial charge is 0.221 e. The maximum Gasteiger partial charge on any atom is 0.221 e. The largest absolute Gasteiger partial charge is 0.398 e. The number of aromatic nitrogens is 1. The molecule has 0 aliphatic carbocycles. The molecular formula is C15H16N4O. The van der Waals surface area contributed by atoms with Crippen LogP contribution in [0, 0.1) is 12.3 Å². The molecule has 5 nitrogen and oxygen atoms in total. The quantitative estimate of drug-likeness (QED) is 0.589. The van der Waals surface area contributed by atoms with Gasteiger partial charge in [-0.2, -0.15) is 0 Å². The second-order valence-corrected chi connectivity index (χ2v) is 4.55. The fourth-order valence-electron chi connectivity index (χ4n) is 1.82. The first-order valence-corrected chi connectivity index (χ1v) is 6.16. The van der Waals surface area contributed by atoms with E-state index in [1.165, 1.54) is 6.92 Å². The van der Waals surface area contributed by atoms with Crippen LogP contribution >= 0.6 is 0 Å². The van der Waals surface area contributed by atoms with Gasteiger partial charge in [0.2, 0.25) is 5.91 Å². The highest BCUT2D eigenvalue weighted by molar-refractivity contribution is 6.14. The molecule has 0 bridgehead atoms. The van der Waals surface area contributed by atoms with E-state index in [4.69, 9.17) is 11.1 Å². The van der Waals surface area contributed by atoms with Gasteiger partial charge in [0.25, 0.3) is 0 Å². The molecule has 102 valence electrons. The zero-order valence-electron chi connectivity index (χ0n) is 11.4. The molecule has 20 heavy (non-hydrogen) atoms. The van der Waals surface area contributed by atoms with E-state index >= 15 is 0 Å². The van der Waals surface area contributed by atoms with Crippen molar-refractivity contribution in [3.05, 3.63) is 53.3 Å². The summed E-state index contributed by atoms with van der Waals surface area (Å²) in [5.41, 5.74) is 9.45. The Morgan fingerprint density at radius 1 is 1.30 bits per heavy atom. The lowest BCUT2D eigenvalue weighted by Crippen LogP contribution is -2.10. The molecule has 0 spiro atoms. The minimum absolute atomic E-state index is 0.163. The fourth-order valence-corrected chi connectivity index (χ4v) is 1.82. The topological polar surface area (TPSA) is 91.9 Å². The van der Waals surface area contributed by atoms with Crippen LogP contribution in [0.25, 0.3) is 0 Å². The van der Waals surface area contributed by atoms with Crippen molar-refractivity contribution >= 4 is 23.0 Å². The van der Waals surface area contributed by atoms with E-state index in [1.807, 2.05) is 19.1 Å².